The van der Waals surface area contributed by atoms with Crippen LogP contribution in [-0.4, -0.2) is 25.2 Å². The van der Waals surface area contributed by atoms with Gasteiger partial charge in [-0.25, -0.2) is 0 Å². The molecule has 80 valence electrons. The van der Waals surface area contributed by atoms with Crippen LogP contribution in [-0.2, 0) is 9.53 Å². The fourth-order valence-corrected chi connectivity index (χ4v) is 1.72. The van der Waals surface area contributed by atoms with Crippen LogP contribution in [0.25, 0.3) is 0 Å². The van der Waals surface area contributed by atoms with E-state index in [4.69, 9.17) is 4.74 Å². The molecule has 0 radical (unpaired) electrons. The van der Waals surface area contributed by atoms with Gasteiger partial charge in [0.25, 0.3) is 0 Å². The Morgan fingerprint density at radius 2 is 2.14 bits per heavy atom. The highest BCUT2D eigenvalue weighted by Gasteiger charge is 2.37. The average Bonchev–Trinajstić information content (AvgIpc) is 3.00. The summed E-state index contributed by atoms with van der Waals surface area (Å²) in [6.45, 7) is 3.36. The molecule has 3 heteroatoms. The first-order valence-electron chi connectivity index (χ1n) is 5.71. The Kier molecular flexibility index (Phi) is 3.06. The average molecular weight is 197 g/mol. The van der Waals surface area contributed by atoms with E-state index in [9.17, 15) is 4.79 Å². The minimum atomic E-state index is -0.0457. The molecule has 2 aliphatic carbocycles. The summed E-state index contributed by atoms with van der Waals surface area (Å²) in [6.07, 6.45) is 5.02. The molecular formula is C11H19NO2. The minimum Gasteiger partial charge on any atom is -0.465 e. The molecule has 3 nitrogen and oxygen atoms in total. The molecule has 0 aliphatic heterocycles. The van der Waals surface area contributed by atoms with Gasteiger partial charge < -0.3 is 10.1 Å². The van der Waals surface area contributed by atoms with Gasteiger partial charge in [-0.1, -0.05) is 0 Å². The molecule has 2 fully saturated rings. The first-order chi connectivity index (χ1) is 6.81. The number of esters is 1. The van der Waals surface area contributed by atoms with E-state index in [0.717, 1.165) is 12.5 Å². The van der Waals surface area contributed by atoms with Gasteiger partial charge in [-0.2, -0.15) is 0 Å². The normalized spacial score (nSPS) is 23.2. The van der Waals surface area contributed by atoms with Crippen LogP contribution in [0.4, 0.5) is 0 Å². The largest absolute Gasteiger partial charge is 0.465 e. The summed E-state index contributed by atoms with van der Waals surface area (Å²) in [6, 6.07) is -0.0180. The Labute approximate surface area is 85.2 Å². The van der Waals surface area contributed by atoms with E-state index in [2.05, 4.69) is 5.32 Å². The summed E-state index contributed by atoms with van der Waals surface area (Å²) < 4.78 is 5.06. The van der Waals surface area contributed by atoms with E-state index in [1.807, 2.05) is 6.92 Å². The molecule has 0 amide bonds. The van der Waals surface area contributed by atoms with Crippen LogP contribution >= 0.6 is 0 Å². The molecule has 0 saturated heterocycles. The van der Waals surface area contributed by atoms with Crippen molar-refractivity contribution in [1.82, 2.24) is 5.32 Å². The van der Waals surface area contributed by atoms with Crippen molar-refractivity contribution in [3.05, 3.63) is 0 Å². The number of ether oxygens (including phenoxy) is 1. The highest BCUT2D eigenvalue weighted by atomic mass is 16.5. The Balaban J connectivity index is 1.76. The quantitative estimate of drug-likeness (QED) is 0.653. The number of hydrogen-bond donors (Lipinski definition) is 1. The number of carbonyl (C=O) groups excluding carboxylic acids is 1. The third-order valence-corrected chi connectivity index (χ3v) is 2.96. The van der Waals surface area contributed by atoms with Gasteiger partial charge in [0.1, 0.15) is 6.04 Å². The van der Waals surface area contributed by atoms with Crippen molar-refractivity contribution in [3.63, 3.8) is 0 Å². The summed E-state index contributed by atoms with van der Waals surface area (Å²) in [7, 11) is 0. The number of rotatable bonds is 6. The van der Waals surface area contributed by atoms with Crippen molar-refractivity contribution < 1.29 is 9.53 Å². The predicted molar refractivity (Wildman–Crippen MR) is 53.9 cm³/mol. The number of nitrogens with one attached hydrogen (secondary N) is 1. The lowest BCUT2D eigenvalue weighted by atomic mass is 10.2. The van der Waals surface area contributed by atoms with Gasteiger partial charge in [0.05, 0.1) is 6.61 Å². The zero-order valence-corrected chi connectivity index (χ0v) is 8.79. The molecule has 1 atom stereocenters. The lowest BCUT2D eigenvalue weighted by Gasteiger charge is -2.16. The maximum absolute atomic E-state index is 11.6. The van der Waals surface area contributed by atoms with Crippen molar-refractivity contribution in [3.8, 4) is 0 Å². The third kappa shape index (κ3) is 2.71. The van der Waals surface area contributed by atoms with E-state index in [-0.39, 0.29) is 12.0 Å². The summed E-state index contributed by atoms with van der Waals surface area (Å²) in [5.41, 5.74) is 0. The Morgan fingerprint density at radius 3 is 2.64 bits per heavy atom. The van der Waals surface area contributed by atoms with Gasteiger partial charge in [0.2, 0.25) is 0 Å². The van der Waals surface area contributed by atoms with Crippen LogP contribution < -0.4 is 5.32 Å². The molecule has 2 aliphatic rings. The molecule has 0 aromatic carbocycles. The van der Waals surface area contributed by atoms with Gasteiger partial charge in [-0.05, 0) is 51.0 Å². The molecule has 1 unspecified atom stereocenters. The second-order valence-electron chi connectivity index (χ2n) is 4.42. The van der Waals surface area contributed by atoms with Crippen molar-refractivity contribution in [2.24, 2.45) is 11.8 Å². The Hall–Kier alpha value is -0.570. The van der Waals surface area contributed by atoms with Crippen molar-refractivity contribution >= 4 is 5.97 Å². The Bertz CT molecular complexity index is 209. The fraction of sp³-hybridized carbons (Fsp3) is 0.909. The van der Waals surface area contributed by atoms with Crippen LogP contribution in [0.5, 0.6) is 0 Å². The molecule has 0 bridgehead atoms. The van der Waals surface area contributed by atoms with E-state index in [0.29, 0.717) is 12.5 Å². The lowest BCUT2D eigenvalue weighted by molar-refractivity contribution is -0.146. The molecule has 0 spiro atoms. The molecule has 0 aromatic heterocycles. The second kappa shape index (κ2) is 4.30. The summed E-state index contributed by atoms with van der Waals surface area (Å²) >= 11 is 0. The van der Waals surface area contributed by atoms with E-state index in [1.165, 1.54) is 25.7 Å². The van der Waals surface area contributed by atoms with Gasteiger partial charge in [-0.3, -0.25) is 4.79 Å². The topological polar surface area (TPSA) is 38.3 Å². The molecule has 0 heterocycles. The molecule has 2 saturated carbocycles. The first-order valence-corrected chi connectivity index (χ1v) is 5.71. The van der Waals surface area contributed by atoms with E-state index in [1.54, 1.807) is 0 Å². The number of carbonyl (C=O) groups is 1. The monoisotopic (exact) mass is 197 g/mol. The highest BCUT2D eigenvalue weighted by Crippen LogP contribution is 2.34. The van der Waals surface area contributed by atoms with Gasteiger partial charge >= 0.3 is 5.97 Å². The Morgan fingerprint density at radius 1 is 1.43 bits per heavy atom. The molecule has 2 rings (SSSR count). The van der Waals surface area contributed by atoms with Crippen molar-refractivity contribution in [2.45, 2.75) is 38.6 Å². The summed E-state index contributed by atoms with van der Waals surface area (Å²) in [5, 5.41) is 3.35. The van der Waals surface area contributed by atoms with Crippen molar-refractivity contribution in [1.29, 1.82) is 0 Å². The minimum absolute atomic E-state index is 0.0180. The maximum Gasteiger partial charge on any atom is 0.323 e. The van der Waals surface area contributed by atoms with Gasteiger partial charge in [0.15, 0.2) is 0 Å². The summed E-state index contributed by atoms with van der Waals surface area (Å²) in [5.74, 6) is 1.33. The smallest absolute Gasteiger partial charge is 0.323 e. The van der Waals surface area contributed by atoms with Gasteiger partial charge in [0, 0.05) is 0 Å². The van der Waals surface area contributed by atoms with Crippen LogP contribution in [0.1, 0.15) is 32.6 Å². The molecule has 14 heavy (non-hydrogen) atoms. The number of hydrogen-bond acceptors (Lipinski definition) is 3. The second-order valence-corrected chi connectivity index (χ2v) is 4.42. The van der Waals surface area contributed by atoms with Gasteiger partial charge in [-0.15, -0.1) is 0 Å². The SMILES string of the molecule is CCOC(=O)C(NCC1CC1)C1CC1. The zero-order valence-electron chi connectivity index (χ0n) is 8.79. The van der Waals surface area contributed by atoms with Crippen LogP contribution in [0, 0.1) is 11.8 Å². The molecular weight excluding hydrogens is 178 g/mol. The fourth-order valence-electron chi connectivity index (χ4n) is 1.72. The molecule has 0 aromatic rings. The predicted octanol–water partition coefficient (Wildman–Crippen LogP) is 1.33. The highest BCUT2D eigenvalue weighted by molar-refractivity contribution is 5.76. The van der Waals surface area contributed by atoms with Crippen LogP contribution in [0.3, 0.4) is 0 Å². The zero-order chi connectivity index (χ0) is 9.97. The molecule has 1 N–H and O–H groups in total. The van der Waals surface area contributed by atoms with Crippen LogP contribution in [0.15, 0.2) is 0 Å². The summed E-state index contributed by atoms with van der Waals surface area (Å²) in [4.78, 5) is 11.6. The third-order valence-electron chi connectivity index (χ3n) is 2.96. The van der Waals surface area contributed by atoms with Crippen molar-refractivity contribution in [2.75, 3.05) is 13.2 Å². The standard InChI is InChI=1S/C11H19NO2/c1-2-14-11(13)10(9-5-6-9)12-7-8-3-4-8/h8-10,12H,2-7H2,1H3. The van der Waals surface area contributed by atoms with Crippen LogP contribution in [0.2, 0.25) is 0 Å². The lowest BCUT2D eigenvalue weighted by Crippen LogP contribution is -2.40. The first kappa shape index (κ1) is 9.97. The maximum atomic E-state index is 11.6. The van der Waals surface area contributed by atoms with E-state index >= 15 is 0 Å². The van der Waals surface area contributed by atoms with E-state index < -0.39 is 0 Å².